The average Bonchev–Trinajstić information content (AvgIpc) is 2.30. The van der Waals surface area contributed by atoms with Crippen molar-refractivity contribution < 1.29 is 0 Å². The molecule has 2 nitrogen and oxygen atoms in total. The summed E-state index contributed by atoms with van der Waals surface area (Å²) in [5, 5.41) is 3.43. The van der Waals surface area contributed by atoms with Gasteiger partial charge in [-0.25, -0.2) is 0 Å². The Hall–Kier alpha value is -1.83. The fourth-order valence-electron chi connectivity index (χ4n) is 1.81. The van der Waals surface area contributed by atoms with Crippen LogP contribution in [0.3, 0.4) is 0 Å². The molecule has 0 spiro atoms. The molecule has 1 aromatic heterocycles. The van der Waals surface area contributed by atoms with E-state index >= 15 is 0 Å². The van der Waals surface area contributed by atoms with E-state index in [-0.39, 0.29) is 0 Å². The first-order valence-electron chi connectivity index (χ1n) is 5.89. The minimum absolute atomic E-state index is 0.770. The van der Waals surface area contributed by atoms with Crippen LogP contribution in [-0.4, -0.2) is 4.98 Å². The molecular weight excluding hydrogens is 208 g/mol. The van der Waals surface area contributed by atoms with Crippen LogP contribution < -0.4 is 5.32 Å². The van der Waals surface area contributed by atoms with Gasteiger partial charge in [0, 0.05) is 11.4 Å². The molecule has 17 heavy (non-hydrogen) atoms. The number of pyridine rings is 1. The van der Waals surface area contributed by atoms with Gasteiger partial charge in [0.1, 0.15) is 0 Å². The molecule has 1 heterocycles. The number of nitrogens with one attached hydrogen (secondary N) is 1. The zero-order valence-corrected chi connectivity index (χ0v) is 10.6. The van der Waals surface area contributed by atoms with Gasteiger partial charge in [0.2, 0.25) is 0 Å². The number of nitrogens with zero attached hydrogens (tertiary/aromatic N) is 1. The molecular formula is C15H18N2. The lowest BCUT2D eigenvalue weighted by Crippen LogP contribution is -2.03. The van der Waals surface area contributed by atoms with E-state index in [1.54, 1.807) is 0 Å². The van der Waals surface area contributed by atoms with E-state index in [1.807, 2.05) is 25.1 Å². The minimum Gasteiger partial charge on any atom is -0.379 e. The highest BCUT2D eigenvalue weighted by Crippen LogP contribution is 2.17. The maximum absolute atomic E-state index is 4.48. The average molecular weight is 226 g/mol. The van der Waals surface area contributed by atoms with E-state index in [4.69, 9.17) is 0 Å². The third kappa shape index (κ3) is 3.06. The molecule has 0 bridgehead atoms. The van der Waals surface area contributed by atoms with Crippen molar-refractivity contribution in [3.63, 3.8) is 0 Å². The molecule has 0 fully saturated rings. The summed E-state index contributed by atoms with van der Waals surface area (Å²) in [7, 11) is 0. The highest BCUT2D eigenvalue weighted by atomic mass is 14.9. The van der Waals surface area contributed by atoms with E-state index in [0.717, 1.165) is 17.9 Å². The summed E-state index contributed by atoms with van der Waals surface area (Å²) in [5.74, 6) is 0. The number of anilines is 1. The van der Waals surface area contributed by atoms with Gasteiger partial charge in [-0.2, -0.15) is 0 Å². The third-order valence-corrected chi connectivity index (χ3v) is 2.80. The number of benzene rings is 1. The predicted octanol–water partition coefficient (Wildman–Crippen LogP) is 3.62. The Morgan fingerprint density at radius 2 is 1.88 bits per heavy atom. The van der Waals surface area contributed by atoms with Crippen LogP contribution >= 0.6 is 0 Å². The largest absolute Gasteiger partial charge is 0.379 e. The molecule has 1 aromatic carbocycles. The van der Waals surface area contributed by atoms with E-state index in [9.17, 15) is 0 Å². The Bertz CT molecular complexity index is 518. The van der Waals surface area contributed by atoms with Crippen LogP contribution in [0.25, 0.3) is 0 Å². The van der Waals surface area contributed by atoms with E-state index < -0.39 is 0 Å². The van der Waals surface area contributed by atoms with Gasteiger partial charge in [-0.3, -0.25) is 4.98 Å². The van der Waals surface area contributed by atoms with Crippen molar-refractivity contribution in [1.82, 2.24) is 4.98 Å². The second kappa shape index (κ2) is 5.00. The monoisotopic (exact) mass is 226 g/mol. The fraction of sp³-hybridized carbons (Fsp3) is 0.267. The molecule has 0 unspecified atom stereocenters. The second-order valence-electron chi connectivity index (χ2n) is 4.44. The topological polar surface area (TPSA) is 24.9 Å². The summed E-state index contributed by atoms with van der Waals surface area (Å²) in [6.45, 7) is 7.01. The Balaban J connectivity index is 2.09. The Kier molecular flexibility index (Phi) is 3.43. The summed E-state index contributed by atoms with van der Waals surface area (Å²) in [6, 6.07) is 12.5. The molecule has 1 N–H and O–H groups in total. The van der Waals surface area contributed by atoms with Crippen LogP contribution in [0.1, 0.15) is 22.5 Å². The standard InChI is InChI=1S/C15H18N2/c1-11-7-8-12(2)15(9-11)16-10-14-6-4-5-13(3)17-14/h4-9,16H,10H2,1-3H3. The Morgan fingerprint density at radius 1 is 1.06 bits per heavy atom. The maximum atomic E-state index is 4.48. The van der Waals surface area contributed by atoms with Crippen molar-refractivity contribution in [2.75, 3.05) is 5.32 Å². The van der Waals surface area contributed by atoms with Crippen molar-refractivity contribution in [1.29, 1.82) is 0 Å². The molecule has 2 rings (SSSR count). The Morgan fingerprint density at radius 3 is 2.65 bits per heavy atom. The molecule has 0 aliphatic carbocycles. The molecule has 0 aliphatic heterocycles. The van der Waals surface area contributed by atoms with Crippen LogP contribution in [0.15, 0.2) is 36.4 Å². The van der Waals surface area contributed by atoms with Gasteiger partial charge in [-0.1, -0.05) is 18.2 Å². The predicted molar refractivity (Wildman–Crippen MR) is 72.2 cm³/mol. The van der Waals surface area contributed by atoms with E-state index in [0.29, 0.717) is 0 Å². The number of hydrogen-bond acceptors (Lipinski definition) is 2. The van der Waals surface area contributed by atoms with E-state index in [2.05, 4.69) is 42.3 Å². The highest BCUT2D eigenvalue weighted by Gasteiger charge is 1.99. The molecule has 0 amide bonds. The first kappa shape index (κ1) is 11.6. The highest BCUT2D eigenvalue weighted by molar-refractivity contribution is 5.52. The van der Waals surface area contributed by atoms with E-state index in [1.165, 1.54) is 16.8 Å². The van der Waals surface area contributed by atoms with Gasteiger partial charge in [0.05, 0.1) is 12.2 Å². The van der Waals surface area contributed by atoms with Crippen LogP contribution in [0.4, 0.5) is 5.69 Å². The van der Waals surface area contributed by atoms with Gasteiger partial charge in [0.15, 0.2) is 0 Å². The van der Waals surface area contributed by atoms with Crippen LogP contribution in [0, 0.1) is 20.8 Å². The molecule has 0 saturated heterocycles. The number of rotatable bonds is 3. The van der Waals surface area contributed by atoms with Crippen LogP contribution in [-0.2, 0) is 6.54 Å². The van der Waals surface area contributed by atoms with Gasteiger partial charge in [-0.15, -0.1) is 0 Å². The van der Waals surface area contributed by atoms with Gasteiger partial charge in [0.25, 0.3) is 0 Å². The fourth-order valence-corrected chi connectivity index (χ4v) is 1.81. The first-order valence-corrected chi connectivity index (χ1v) is 5.89. The molecule has 2 heteroatoms. The molecule has 0 aliphatic rings. The van der Waals surface area contributed by atoms with Gasteiger partial charge >= 0.3 is 0 Å². The van der Waals surface area contributed by atoms with Crippen LogP contribution in [0.2, 0.25) is 0 Å². The lowest BCUT2D eigenvalue weighted by atomic mass is 10.1. The number of hydrogen-bond donors (Lipinski definition) is 1. The summed E-state index contributed by atoms with van der Waals surface area (Å²) in [5.41, 5.74) is 5.86. The lowest BCUT2D eigenvalue weighted by molar-refractivity contribution is 1.01. The Labute approximate surface area is 103 Å². The maximum Gasteiger partial charge on any atom is 0.0597 e. The van der Waals surface area contributed by atoms with Crippen molar-refractivity contribution in [3.8, 4) is 0 Å². The molecule has 0 atom stereocenters. The van der Waals surface area contributed by atoms with Crippen LogP contribution in [0.5, 0.6) is 0 Å². The third-order valence-electron chi connectivity index (χ3n) is 2.80. The zero-order chi connectivity index (χ0) is 12.3. The number of aryl methyl sites for hydroxylation is 3. The molecule has 0 saturated carbocycles. The van der Waals surface area contributed by atoms with Gasteiger partial charge in [-0.05, 0) is 50.1 Å². The molecule has 2 aromatic rings. The molecule has 0 radical (unpaired) electrons. The SMILES string of the molecule is Cc1ccc(C)c(NCc2cccc(C)n2)c1. The summed E-state index contributed by atoms with van der Waals surface area (Å²) < 4.78 is 0. The minimum atomic E-state index is 0.770. The summed E-state index contributed by atoms with van der Waals surface area (Å²) in [6.07, 6.45) is 0. The van der Waals surface area contributed by atoms with Crippen molar-refractivity contribution in [3.05, 3.63) is 58.9 Å². The summed E-state index contributed by atoms with van der Waals surface area (Å²) >= 11 is 0. The van der Waals surface area contributed by atoms with Crippen molar-refractivity contribution in [2.24, 2.45) is 0 Å². The molecule has 88 valence electrons. The quantitative estimate of drug-likeness (QED) is 0.864. The normalized spacial score (nSPS) is 10.3. The summed E-state index contributed by atoms with van der Waals surface area (Å²) in [4.78, 5) is 4.48. The van der Waals surface area contributed by atoms with Crippen molar-refractivity contribution in [2.45, 2.75) is 27.3 Å². The smallest absolute Gasteiger partial charge is 0.0597 e. The second-order valence-corrected chi connectivity index (χ2v) is 4.44. The lowest BCUT2D eigenvalue weighted by Gasteiger charge is -2.10. The first-order chi connectivity index (χ1) is 8.15. The van der Waals surface area contributed by atoms with Crippen molar-refractivity contribution >= 4 is 5.69 Å². The van der Waals surface area contributed by atoms with Gasteiger partial charge < -0.3 is 5.32 Å². The number of aromatic nitrogens is 1. The zero-order valence-electron chi connectivity index (χ0n) is 10.6.